The molecular weight excluding hydrogens is 318 g/mol. The molecule has 0 aromatic carbocycles. The highest BCUT2D eigenvalue weighted by molar-refractivity contribution is 7.88. The van der Waals surface area contributed by atoms with Crippen LogP contribution in [-0.4, -0.2) is 107 Å². The van der Waals surface area contributed by atoms with Gasteiger partial charge in [0, 0.05) is 39.3 Å². The van der Waals surface area contributed by atoms with Crippen LogP contribution >= 0.6 is 0 Å². The van der Waals surface area contributed by atoms with Crippen molar-refractivity contribution < 1.29 is 17.9 Å². The van der Waals surface area contributed by atoms with Crippen LogP contribution < -0.4 is 0 Å². The third-order valence-corrected chi connectivity index (χ3v) is 6.06. The van der Waals surface area contributed by atoms with E-state index >= 15 is 0 Å². The highest BCUT2D eigenvalue weighted by atomic mass is 32.2. The van der Waals surface area contributed by atoms with Crippen LogP contribution in [0, 0.1) is 0 Å². The second-order valence-corrected chi connectivity index (χ2v) is 8.47. The first-order valence-corrected chi connectivity index (χ1v) is 10.3. The van der Waals surface area contributed by atoms with Crippen molar-refractivity contribution >= 4 is 10.0 Å². The lowest BCUT2D eigenvalue weighted by Crippen LogP contribution is -2.62. The Bertz CT molecular complexity index is 459. The van der Waals surface area contributed by atoms with Crippen molar-refractivity contribution in [1.82, 2.24) is 14.1 Å². The topological polar surface area (TPSA) is 62.3 Å². The summed E-state index contributed by atoms with van der Waals surface area (Å²) in [5, 5.41) is 0. The molecule has 0 N–H and O–H groups in total. The van der Waals surface area contributed by atoms with Crippen LogP contribution in [0.5, 0.6) is 0 Å². The van der Waals surface area contributed by atoms with Gasteiger partial charge >= 0.3 is 0 Å². The van der Waals surface area contributed by atoms with E-state index in [2.05, 4.69) is 23.6 Å². The number of rotatable bonds is 3. The van der Waals surface area contributed by atoms with Gasteiger partial charge in [-0.1, -0.05) is 13.8 Å². The van der Waals surface area contributed by atoms with E-state index in [9.17, 15) is 8.42 Å². The van der Waals surface area contributed by atoms with Crippen molar-refractivity contribution in [3.8, 4) is 0 Å². The maximum atomic E-state index is 11.1. The quantitative estimate of drug-likeness (QED) is 0.697. The molecule has 3 fully saturated rings. The average Bonchev–Trinajstić information content (AvgIpc) is 2.53. The van der Waals surface area contributed by atoms with E-state index in [1.807, 2.05) is 0 Å². The van der Waals surface area contributed by atoms with Crippen LogP contribution in [0.4, 0.5) is 0 Å². The van der Waals surface area contributed by atoms with Gasteiger partial charge in [-0.3, -0.25) is 4.90 Å². The molecule has 0 saturated carbocycles. The second-order valence-electron chi connectivity index (χ2n) is 6.49. The summed E-state index contributed by atoms with van der Waals surface area (Å²) in [5.41, 5.74) is 0.0776. The molecule has 0 aromatic heterocycles. The minimum Gasteiger partial charge on any atom is -0.375 e. The van der Waals surface area contributed by atoms with E-state index in [1.54, 1.807) is 4.31 Å². The molecular formula is C15H31N3O4S. The molecule has 3 aliphatic rings. The summed E-state index contributed by atoms with van der Waals surface area (Å²) in [5.74, 6) is 0. The van der Waals surface area contributed by atoms with E-state index < -0.39 is 10.0 Å². The summed E-state index contributed by atoms with van der Waals surface area (Å²) in [4.78, 5) is 4.67. The Balaban J connectivity index is 0.000000167. The van der Waals surface area contributed by atoms with E-state index in [0.717, 1.165) is 59.1 Å². The summed E-state index contributed by atoms with van der Waals surface area (Å²) in [7, 11) is -2.95. The Morgan fingerprint density at radius 1 is 0.957 bits per heavy atom. The molecule has 3 aliphatic heterocycles. The lowest BCUT2D eigenvalue weighted by Gasteiger charge is -2.47. The molecule has 0 aliphatic carbocycles. The van der Waals surface area contributed by atoms with Gasteiger partial charge in [-0.15, -0.1) is 0 Å². The van der Waals surface area contributed by atoms with Crippen LogP contribution in [-0.2, 0) is 19.5 Å². The molecule has 0 unspecified atom stereocenters. The van der Waals surface area contributed by atoms with Crippen molar-refractivity contribution in [1.29, 1.82) is 0 Å². The second kappa shape index (κ2) is 8.22. The molecule has 0 radical (unpaired) electrons. The smallest absolute Gasteiger partial charge is 0.211 e. The fraction of sp³-hybridized carbons (Fsp3) is 1.00. The van der Waals surface area contributed by atoms with Gasteiger partial charge in [0.05, 0.1) is 26.1 Å². The Morgan fingerprint density at radius 2 is 1.57 bits per heavy atom. The molecule has 3 saturated heterocycles. The van der Waals surface area contributed by atoms with E-state index in [-0.39, 0.29) is 5.60 Å². The highest BCUT2D eigenvalue weighted by Crippen LogP contribution is 2.25. The monoisotopic (exact) mass is 349 g/mol. The van der Waals surface area contributed by atoms with Gasteiger partial charge in [-0.05, 0) is 13.1 Å². The van der Waals surface area contributed by atoms with Gasteiger partial charge < -0.3 is 14.4 Å². The zero-order valence-electron chi connectivity index (χ0n) is 14.7. The standard InChI is InChI=1S/C8H15NO2.C7H16N2O2S/c1-2-9-3-4-11-8(5-9)6-10-7-8;1-3-8-4-6-9(7-5-8)12(2,10)11/h2-7H2,1H3;3-7H2,1-2H3. The van der Waals surface area contributed by atoms with Gasteiger partial charge in [-0.2, -0.15) is 4.31 Å². The predicted octanol–water partition coefficient (Wildman–Crippen LogP) is -0.309. The van der Waals surface area contributed by atoms with Crippen molar-refractivity contribution in [2.45, 2.75) is 19.4 Å². The number of hydrogen-bond acceptors (Lipinski definition) is 6. The number of likely N-dealkylation sites (N-methyl/N-ethyl adjacent to an activating group) is 2. The zero-order chi connectivity index (χ0) is 16.9. The first-order chi connectivity index (χ1) is 10.9. The number of nitrogens with zero attached hydrogens (tertiary/aromatic N) is 3. The fourth-order valence-corrected chi connectivity index (χ4v) is 3.90. The molecule has 136 valence electrons. The molecule has 7 nitrogen and oxygen atoms in total. The molecule has 0 aromatic rings. The van der Waals surface area contributed by atoms with E-state index in [4.69, 9.17) is 9.47 Å². The van der Waals surface area contributed by atoms with E-state index in [0.29, 0.717) is 13.1 Å². The Kier molecular flexibility index (Phi) is 6.82. The summed E-state index contributed by atoms with van der Waals surface area (Å²) in [6.07, 6.45) is 1.27. The minimum atomic E-state index is -2.95. The summed E-state index contributed by atoms with van der Waals surface area (Å²) < 4.78 is 34.5. The van der Waals surface area contributed by atoms with Crippen LogP contribution in [0.25, 0.3) is 0 Å². The molecule has 0 bridgehead atoms. The molecule has 23 heavy (non-hydrogen) atoms. The highest BCUT2D eigenvalue weighted by Gasteiger charge is 2.43. The largest absolute Gasteiger partial charge is 0.375 e. The van der Waals surface area contributed by atoms with Crippen LogP contribution in [0.3, 0.4) is 0 Å². The van der Waals surface area contributed by atoms with Crippen molar-refractivity contribution in [2.24, 2.45) is 0 Å². The van der Waals surface area contributed by atoms with Crippen molar-refractivity contribution in [3.05, 3.63) is 0 Å². The summed E-state index contributed by atoms with van der Waals surface area (Å²) >= 11 is 0. The van der Waals surface area contributed by atoms with E-state index in [1.165, 1.54) is 6.26 Å². The molecule has 1 spiro atoms. The minimum absolute atomic E-state index is 0.0776. The van der Waals surface area contributed by atoms with Gasteiger partial charge in [0.25, 0.3) is 0 Å². The lowest BCUT2D eigenvalue weighted by atomic mass is 10.00. The predicted molar refractivity (Wildman–Crippen MR) is 90.1 cm³/mol. The van der Waals surface area contributed by atoms with Crippen LogP contribution in [0.1, 0.15) is 13.8 Å². The first kappa shape index (κ1) is 19.1. The number of hydrogen-bond donors (Lipinski definition) is 0. The van der Waals surface area contributed by atoms with Gasteiger partial charge in [0.1, 0.15) is 5.60 Å². The van der Waals surface area contributed by atoms with Gasteiger partial charge in [0.15, 0.2) is 0 Å². The normalized spacial score (nSPS) is 26.4. The number of piperazine rings is 1. The number of ether oxygens (including phenoxy) is 2. The Morgan fingerprint density at radius 3 is 2.00 bits per heavy atom. The third-order valence-electron chi connectivity index (χ3n) is 4.75. The van der Waals surface area contributed by atoms with Crippen molar-refractivity contribution in [3.63, 3.8) is 0 Å². The van der Waals surface area contributed by atoms with Crippen molar-refractivity contribution in [2.75, 3.05) is 78.4 Å². The molecule has 0 atom stereocenters. The SMILES string of the molecule is CCN1CCN(S(C)(=O)=O)CC1.CCN1CCOC2(COC2)C1. The lowest BCUT2D eigenvalue weighted by molar-refractivity contribution is -0.237. The maximum Gasteiger partial charge on any atom is 0.211 e. The van der Waals surface area contributed by atoms with Crippen LogP contribution in [0.2, 0.25) is 0 Å². The Hall–Kier alpha value is -0.250. The molecule has 3 heterocycles. The number of sulfonamides is 1. The maximum absolute atomic E-state index is 11.1. The van der Waals surface area contributed by atoms with Gasteiger partial charge in [0.2, 0.25) is 10.0 Å². The molecule has 0 amide bonds. The first-order valence-electron chi connectivity index (χ1n) is 8.50. The Labute approximate surface area is 140 Å². The van der Waals surface area contributed by atoms with Crippen LogP contribution in [0.15, 0.2) is 0 Å². The third kappa shape index (κ3) is 5.37. The summed E-state index contributed by atoms with van der Waals surface area (Å²) in [6, 6.07) is 0. The van der Waals surface area contributed by atoms with Gasteiger partial charge in [-0.25, -0.2) is 8.42 Å². The number of morpholine rings is 1. The fourth-order valence-electron chi connectivity index (χ4n) is 3.08. The zero-order valence-corrected chi connectivity index (χ0v) is 15.5. The summed E-state index contributed by atoms with van der Waals surface area (Å²) in [6.45, 7) is 14.1. The molecule has 8 heteroatoms. The molecule has 3 rings (SSSR count). The average molecular weight is 349 g/mol.